The monoisotopic (exact) mass is 346 g/mol. The third-order valence-electron chi connectivity index (χ3n) is 2.00. The van der Waals surface area contributed by atoms with Crippen molar-refractivity contribution in [1.82, 2.24) is 0 Å². The summed E-state index contributed by atoms with van der Waals surface area (Å²) in [5.41, 5.74) is -3.11. The van der Waals surface area contributed by atoms with Gasteiger partial charge in [0.15, 0.2) is 5.78 Å². The summed E-state index contributed by atoms with van der Waals surface area (Å²) in [6.45, 7) is 0. The molecule has 0 radical (unpaired) electrons. The van der Waals surface area contributed by atoms with Crippen molar-refractivity contribution in [3.05, 3.63) is 46.0 Å². The Morgan fingerprint density at radius 1 is 1.05 bits per heavy atom. The normalized spacial score (nSPS) is 12.2. The fourth-order valence-electron chi connectivity index (χ4n) is 1.18. The van der Waals surface area contributed by atoms with Gasteiger partial charge < -0.3 is 0 Å². The number of carbonyl (C=O) groups excluding carboxylic acids is 1. The van der Waals surface area contributed by atoms with Crippen LogP contribution in [0.5, 0.6) is 0 Å². The molecule has 0 atom stereocenters. The van der Waals surface area contributed by atoms with Crippen molar-refractivity contribution in [2.75, 3.05) is 0 Å². The van der Waals surface area contributed by atoms with Crippen molar-refractivity contribution < 1.29 is 31.1 Å². The van der Waals surface area contributed by atoms with Crippen LogP contribution in [0.3, 0.4) is 0 Å². The van der Waals surface area contributed by atoms with Crippen molar-refractivity contribution in [1.29, 1.82) is 0 Å². The highest BCUT2D eigenvalue weighted by Gasteiger charge is 2.51. The fraction of sp³-hybridized carbons (Fsp3) is 0.182. The van der Waals surface area contributed by atoms with Gasteiger partial charge in [-0.2, -0.15) is 26.3 Å². The molecule has 0 aliphatic carbocycles. The average molecular weight is 347 g/mol. The Bertz CT molecular complexity index is 499. The topological polar surface area (TPSA) is 17.1 Å². The van der Waals surface area contributed by atoms with Gasteiger partial charge in [-0.05, 0) is 12.1 Å². The maximum Gasteiger partial charge on any atom is 0.421 e. The molecule has 0 saturated heterocycles. The van der Waals surface area contributed by atoms with Gasteiger partial charge >= 0.3 is 12.4 Å². The number of alkyl halides is 6. The van der Waals surface area contributed by atoms with E-state index in [1.807, 2.05) is 0 Å². The van der Waals surface area contributed by atoms with Gasteiger partial charge in [0.05, 0.1) is 0 Å². The van der Waals surface area contributed by atoms with Gasteiger partial charge in [0, 0.05) is 16.1 Å². The number of rotatable bonds is 2. The Balaban J connectivity index is 3.21. The SMILES string of the molecule is O=C(C=C(C(F)(F)F)C(F)(F)F)c1cccc(Br)c1. The lowest BCUT2D eigenvalue weighted by Gasteiger charge is -2.14. The van der Waals surface area contributed by atoms with E-state index in [-0.39, 0.29) is 5.56 Å². The zero-order chi connectivity index (χ0) is 14.8. The van der Waals surface area contributed by atoms with Gasteiger partial charge in [0.25, 0.3) is 0 Å². The summed E-state index contributed by atoms with van der Waals surface area (Å²) < 4.78 is 73.7. The molecule has 0 aromatic heterocycles. The van der Waals surface area contributed by atoms with Crippen molar-refractivity contribution in [3.63, 3.8) is 0 Å². The number of carbonyl (C=O) groups is 1. The van der Waals surface area contributed by atoms with Crippen LogP contribution in [0.15, 0.2) is 40.4 Å². The molecule has 0 fully saturated rings. The van der Waals surface area contributed by atoms with Gasteiger partial charge in [0.1, 0.15) is 5.57 Å². The maximum atomic E-state index is 12.2. The van der Waals surface area contributed by atoms with E-state index in [0.717, 1.165) is 12.1 Å². The molecule has 0 aliphatic rings. The minimum Gasteiger partial charge on any atom is -0.289 e. The molecule has 0 unspecified atom stereocenters. The lowest BCUT2D eigenvalue weighted by molar-refractivity contribution is -0.171. The van der Waals surface area contributed by atoms with E-state index in [9.17, 15) is 31.1 Å². The van der Waals surface area contributed by atoms with Gasteiger partial charge in [-0.3, -0.25) is 4.79 Å². The summed E-state index contributed by atoms with van der Waals surface area (Å²) in [6, 6.07) is 5.05. The molecule has 104 valence electrons. The molecule has 19 heavy (non-hydrogen) atoms. The van der Waals surface area contributed by atoms with Crippen LogP contribution >= 0.6 is 15.9 Å². The standard InChI is InChI=1S/C11H5BrF6O/c12-7-3-1-2-6(4-7)8(19)5-9(10(13,14)15)11(16,17)18/h1-5H. The molecule has 1 rings (SSSR count). The Morgan fingerprint density at radius 2 is 1.58 bits per heavy atom. The maximum absolute atomic E-state index is 12.2. The minimum atomic E-state index is -5.64. The number of hydrogen-bond donors (Lipinski definition) is 0. The summed E-state index contributed by atoms with van der Waals surface area (Å²) in [4.78, 5) is 11.4. The molecular formula is C11H5BrF6O. The third-order valence-corrected chi connectivity index (χ3v) is 2.49. The Hall–Kier alpha value is -1.31. The molecule has 0 N–H and O–H groups in total. The molecular weight excluding hydrogens is 342 g/mol. The number of halogens is 7. The highest BCUT2D eigenvalue weighted by Crippen LogP contribution is 2.38. The van der Waals surface area contributed by atoms with Crippen LogP contribution in [-0.2, 0) is 0 Å². The van der Waals surface area contributed by atoms with Crippen LogP contribution in [0.1, 0.15) is 10.4 Å². The second-order valence-electron chi connectivity index (χ2n) is 3.43. The Labute approximate surface area is 112 Å². The Morgan fingerprint density at radius 3 is 2.00 bits per heavy atom. The summed E-state index contributed by atoms with van der Waals surface area (Å²) in [5, 5.41) is 0. The van der Waals surface area contributed by atoms with Crippen molar-refractivity contribution in [2.45, 2.75) is 12.4 Å². The number of ketones is 1. The van der Waals surface area contributed by atoms with Crippen molar-refractivity contribution in [2.24, 2.45) is 0 Å². The van der Waals surface area contributed by atoms with Gasteiger partial charge in [-0.15, -0.1) is 0 Å². The predicted molar refractivity (Wildman–Crippen MR) is 58.7 cm³/mol. The lowest BCUT2D eigenvalue weighted by atomic mass is 10.1. The summed E-state index contributed by atoms with van der Waals surface area (Å²) >= 11 is 2.96. The molecule has 1 nitrogen and oxygen atoms in total. The van der Waals surface area contributed by atoms with Crippen LogP contribution in [0.25, 0.3) is 0 Å². The number of allylic oxidation sites excluding steroid dienone is 2. The molecule has 1 aromatic rings. The Kier molecular flexibility index (Phi) is 4.44. The highest BCUT2D eigenvalue weighted by molar-refractivity contribution is 9.10. The van der Waals surface area contributed by atoms with Crippen molar-refractivity contribution >= 4 is 21.7 Å². The van der Waals surface area contributed by atoms with E-state index in [4.69, 9.17) is 0 Å². The smallest absolute Gasteiger partial charge is 0.289 e. The van der Waals surface area contributed by atoms with Crippen LogP contribution in [-0.4, -0.2) is 18.1 Å². The zero-order valence-electron chi connectivity index (χ0n) is 8.94. The van der Waals surface area contributed by atoms with E-state index in [1.165, 1.54) is 12.1 Å². The highest BCUT2D eigenvalue weighted by atomic mass is 79.9. The molecule has 0 spiro atoms. The first-order chi connectivity index (χ1) is 8.51. The van der Waals surface area contributed by atoms with E-state index in [0.29, 0.717) is 4.47 Å². The summed E-state index contributed by atoms with van der Waals surface area (Å²) in [6.07, 6.45) is -11.7. The van der Waals surface area contributed by atoms with E-state index in [2.05, 4.69) is 15.9 Å². The summed E-state index contributed by atoms with van der Waals surface area (Å²) in [5.74, 6) is -1.37. The van der Waals surface area contributed by atoms with Gasteiger partial charge in [0.2, 0.25) is 0 Å². The molecule has 0 aliphatic heterocycles. The molecule has 0 saturated carbocycles. The number of hydrogen-bond acceptors (Lipinski definition) is 1. The molecule has 0 amide bonds. The molecule has 0 heterocycles. The van der Waals surface area contributed by atoms with Gasteiger partial charge in [-0.1, -0.05) is 28.1 Å². The van der Waals surface area contributed by atoms with E-state index in [1.54, 1.807) is 0 Å². The van der Waals surface area contributed by atoms with Crippen LogP contribution < -0.4 is 0 Å². The predicted octanol–water partition coefficient (Wildman–Crippen LogP) is 4.68. The van der Waals surface area contributed by atoms with Gasteiger partial charge in [-0.25, -0.2) is 0 Å². The van der Waals surface area contributed by atoms with Crippen molar-refractivity contribution in [3.8, 4) is 0 Å². The summed E-state index contributed by atoms with van der Waals surface area (Å²) in [7, 11) is 0. The quantitative estimate of drug-likeness (QED) is 0.431. The zero-order valence-corrected chi connectivity index (χ0v) is 10.5. The molecule has 0 bridgehead atoms. The van der Waals surface area contributed by atoms with Crippen LogP contribution in [0.4, 0.5) is 26.3 Å². The van der Waals surface area contributed by atoms with E-state index >= 15 is 0 Å². The third kappa shape index (κ3) is 4.38. The van der Waals surface area contributed by atoms with Crippen LogP contribution in [0, 0.1) is 0 Å². The minimum absolute atomic E-state index is 0.277. The lowest BCUT2D eigenvalue weighted by Crippen LogP contribution is -2.27. The number of benzene rings is 1. The first-order valence-corrected chi connectivity index (χ1v) is 5.47. The van der Waals surface area contributed by atoms with Crippen LogP contribution in [0.2, 0.25) is 0 Å². The second kappa shape index (κ2) is 5.36. The first-order valence-electron chi connectivity index (χ1n) is 4.68. The molecule has 1 aromatic carbocycles. The van der Waals surface area contributed by atoms with E-state index < -0.39 is 29.8 Å². The average Bonchev–Trinajstić information content (AvgIpc) is 2.22. The molecule has 8 heteroatoms. The first kappa shape index (κ1) is 15.7. The fourth-order valence-corrected chi connectivity index (χ4v) is 1.58. The second-order valence-corrected chi connectivity index (χ2v) is 4.34. The largest absolute Gasteiger partial charge is 0.421 e.